The molecule has 3 atom stereocenters. The number of rotatable bonds is 19. The van der Waals surface area contributed by atoms with Gasteiger partial charge in [-0.2, -0.15) is 0 Å². The first-order valence-corrected chi connectivity index (χ1v) is 21.7. The maximum absolute atomic E-state index is 13.5. The van der Waals surface area contributed by atoms with Crippen molar-refractivity contribution in [2.75, 3.05) is 13.1 Å². The monoisotopic (exact) mass is 941 g/mol. The van der Waals surface area contributed by atoms with E-state index in [-0.39, 0.29) is 55.2 Å². The Morgan fingerprint density at radius 3 is 1.92 bits per heavy atom. The van der Waals surface area contributed by atoms with Crippen LogP contribution in [0, 0.1) is 15.4 Å². The van der Waals surface area contributed by atoms with E-state index in [2.05, 4.69) is 49.2 Å². The van der Waals surface area contributed by atoms with Crippen LogP contribution in [0.4, 0.5) is 9.59 Å². The van der Waals surface area contributed by atoms with Crippen LogP contribution >= 0.6 is 22.6 Å². The van der Waals surface area contributed by atoms with Gasteiger partial charge in [0, 0.05) is 35.4 Å². The molecule has 0 heterocycles. The highest BCUT2D eigenvalue weighted by atomic mass is 127. The molecule has 0 bridgehead atoms. The van der Waals surface area contributed by atoms with Crippen molar-refractivity contribution in [3.8, 4) is 0 Å². The number of carbonyl (C=O) groups is 7. The lowest BCUT2D eigenvalue weighted by molar-refractivity contribution is -0.158. The number of hydrogen-bond acceptors (Lipinski definition) is 10. The second kappa shape index (κ2) is 23.7. The van der Waals surface area contributed by atoms with Crippen LogP contribution in [-0.2, 0) is 44.6 Å². The number of esters is 2. The summed E-state index contributed by atoms with van der Waals surface area (Å²) in [4.78, 5) is 90.0. The largest absolute Gasteiger partial charge is 0.460 e. The van der Waals surface area contributed by atoms with E-state index in [9.17, 15) is 33.6 Å². The Morgan fingerprint density at radius 1 is 0.729 bits per heavy atom. The number of benzene rings is 1. The summed E-state index contributed by atoms with van der Waals surface area (Å²) in [6.07, 6.45) is 3.67. The van der Waals surface area contributed by atoms with E-state index in [4.69, 9.17) is 14.2 Å². The molecule has 0 radical (unpaired) electrons. The summed E-state index contributed by atoms with van der Waals surface area (Å²) < 4.78 is 17.1. The first kappa shape index (κ1) is 51.2. The Labute approximate surface area is 363 Å². The van der Waals surface area contributed by atoms with Crippen LogP contribution in [0.25, 0.3) is 0 Å². The molecule has 1 aliphatic carbocycles. The third-order valence-corrected chi connectivity index (χ3v) is 9.85. The second-order valence-corrected chi connectivity index (χ2v) is 19.5. The van der Waals surface area contributed by atoms with Gasteiger partial charge in [0.2, 0.25) is 11.8 Å². The van der Waals surface area contributed by atoms with Gasteiger partial charge in [-0.25, -0.2) is 14.4 Å². The zero-order chi connectivity index (χ0) is 44.6. The summed E-state index contributed by atoms with van der Waals surface area (Å²) in [7, 11) is 0. The molecule has 1 aliphatic rings. The normalized spacial score (nSPS) is 17.3. The number of amides is 5. The van der Waals surface area contributed by atoms with E-state index in [0.29, 0.717) is 38.6 Å². The highest BCUT2D eigenvalue weighted by Gasteiger charge is 2.32. The Balaban J connectivity index is 1.94. The lowest BCUT2D eigenvalue weighted by atomic mass is 9.81. The van der Waals surface area contributed by atoms with Crippen molar-refractivity contribution < 1.29 is 47.8 Å². The first-order valence-electron chi connectivity index (χ1n) is 20.6. The molecule has 2 rings (SSSR count). The molecule has 1 aromatic carbocycles. The van der Waals surface area contributed by atoms with Gasteiger partial charge in [0.25, 0.3) is 0 Å². The van der Waals surface area contributed by atoms with Crippen LogP contribution in [0.15, 0.2) is 24.3 Å². The van der Waals surface area contributed by atoms with Crippen LogP contribution in [0.1, 0.15) is 133 Å². The van der Waals surface area contributed by atoms with Crippen LogP contribution in [0.5, 0.6) is 0 Å². The molecule has 0 aromatic heterocycles. The Hall–Kier alpha value is -3.96. The summed E-state index contributed by atoms with van der Waals surface area (Å²) in [5.41, 5.74) is -1.23. The molecule has 59 heavy (non-hydrogen) atoms. The molecule has 5 N–H and O–H groups in total. The Morgan fingerprint density at radius 2 is 1.34 bits per heavy atom. The van der Waals surface area contributed by atoms with Gasteiger partial charge in [-0.05, 0) is 167 Å². The van der Waals surface area contributed by atoms with Crippen molar-refractivity contribution in [1.82, 2.24) is 26.6 Å². The quantitative estimate of drug-likeness (QED) is 0.0472. The van der Waals surface area contributed by atoms with Crippen LogP contribution < -0.4 is 26.6 Å². The summed E-state index contributed by atoms with van der Waals surface area (Å²) in [6, 6.07) is 4.13. The summed E-state index contributed by atoms with van der Waals surface area (Å²) in [5.74, 6) is -2.07. The van der Waals surface area contributed by atoms with Gasteiger partial charge in [-0.3, -0.25) is 19.2 Å². The fourth-order valence-electron chi connectivity index (χ4n) is 6.39. The number of halogens is 1. The van der Waals surface area contributed by atoms with Crippen molar-refractivity contribution in [1.29, 1.82) is 0 Å². The van der Waals surface area contributed by atoms with Gasteiger partial charge in [0.05, 0.1) is 6.04 Å². The Kier molecular flexibility index (Phi) is 20.6. The number of carbonyl (C=O) groups excluding carboxylic acids is 7. The second-order valence-electron chi connectivity index (χ2n) is 18.3. The first-order chi connectivity index (χ1) is 27.3. The average Bonchev–Trinajstić information content (AvgIpc) is 3.09. The van der Waals surface area contributed by atoms with E-state index in [1.165, 1.54) is 6.92 Å². The molecule has 1 fully saturated rings. The number of Topliss-reactive ketones (excluding diaryl/α,β-unsaturated/α-hetero) is 1. The van der Waals surface area contributed by atoms with E-state index >= 15 is 0 Å². The number of urea groups is 1. The molecule has 1 aromatic rings. The summed E-state index contributed by atoms with van der Waals surface area (Å²) in [6.45, 7) is 17.8. The third kappa shape index (κ3) is 22.3. The van der Waals surface area contributed by atoms with Crippen molar-refractivity contribution in [2.45, 2.75) is 168 Å². The summed E-state index contributed by atoms with van der Waals surface area (Å²) >= 11 is 2.21. The summed E-state index contributed by atoms with van der Waals surface area (Å²) in [5, 5.41) is 14.0. The molecular formula is C43H68IN5O10. The fourth-order valence-corrected chi connectivity index (χ4v) is 7.00. The van der Waals surface area contributed by atoms with E-state index in [1.54, 1.807) is 41.5 Å². The number of alkyl carbamates (subject to hydrolysis) is 1. The fraction of sp³-hybridized carbons (Fsp3) is 0.698. The van der Waals surface area contributed by atoms with Gasteiger partial charge < -0.3 is 40.8 Å². The zero-order valence-corrected chi connectivity index (χ0v) is 38.8. The Bertz CT molecular complexity index is 1590. The van der Waals surface area contributed by atoms with Gasteiger partial charge in [0.15, 0.2) is 5.78 Å². The molecule has 16 heteroatoms. The van der Waals surface area contributed by atoms with Crippen LogP contribution in [-0.4, -0.2) is 89.7 Å². The maximum atomic E-state index is 13.5. The van der Waals surface area contributed by atoms with Gasteiger partial charge in [-0.15, -0.1) is 0 Å². The number of nitrogens with one attached hydrogen (secondary N) is 5. The highest BCUT2D eigenvalue weighted by molar-refractivity contribution is 14.1. The minimum Gasteiger partial charge on any atom is -0.460 e. The SMILES string of the molecule is CC(=O)[C@H](CCCCNC(=O)[C@H](Cc1cccc(I)c1)NC(=O)C1CCC(CNC(=O)OC(C)(C)C)CC1)NC(=O)N[C@@H](CCC(=O)OC(C)(C)C)C(=O)OC(C)(C)C. The molecule has 0 aliphatic heterocycles. The molecule has 332 valence electrons. The lowest BCUT2D eigenvalue weighted by Crippen LogP contribution is -2.52. The number of unbranched alkanes of at least 4 members (excludes halogenated alkanes) is 1. The molecule has 5 amide bonds. The molecule has 1 saturated carbocycles. The van der Waals surface area contributed by atoms with E-state index in [0.717, 1.165) is 22.0 Å². The topological polar surface area (TPSA) is 207 Å². The highest BCUT2D eigenvalue weighted by Crippen LogP contribution is 2.29. The smallest absolute Gasteiger partial charge is 0.407 e. The van der Waals surface area contributed by atoms with E-state index in [1.807, 2.05) is 45.0 Å². The third-order valence-electron chi connectivity index (χ3n) is 9.18. The zero-order valence-electron chi connectivity index (χ0n) is 36.6. The van der Waals surface area contributed by atoms with Gasteiger partial charge in [0.1, 0.15) is 28.9 Å². The molecule has 15 nitrogen and oxygen atoms in total. The maximum Gasteiger partial charge on any atom is 0.407 e. The van der Waals surface area contributed by atoms with E-state index < -0.39 is 59.0 Å². The number of ether oxygens (including phenoxy) is 3. The van der Waals surface area contributed by atoms with Crippen LogP contribution in [0.3, 0.4) is 0 Å². The van der Waals surface area contributed by atoms with Gasteiger partial charge in [-0.1, -0.05) is 12.1 Å². The van der Waals surface area contributed by atoms with Crippen molar-refractivity contribution in [3.05, 3.63) is 33.4 Å². The number of ketones is 1. The predicted octanol–water partition coefficient (Wildman–Crippen LogP) is 6.03. The molecular weight excluding hydrogens is 873 g/mol. The predicted molar refractivity (Wildman–Crippen MR) is 232 cm³/mol. The van der Waals surface area contributed by atoms with Crippen molar-refractivity contribution in [3.63, 3.8) is 0 Å². The van der Waals surface area contributed by atoms with Crippen LogP contribution in [0.2, 0.25) is 0 Å². The average molecular weight is 942 g/mol. The van der Waals surface area contributed by atoms with Crippen molar-refractivity contribution >= 4 is 64.3 Å². The molecule has 0 spiro atoms. The number of hydrogen-bond donors (Lipinski definition) is 5. The standard InChI is InChI=1S/C43H68IN5O10/c1-27(50)32(48-39(55)49-33(38(54)58-42(5,6)7)21-22-35(51)57-41(2,3)4)16-11-12-23-45-37(53)34(25-29-14-13-15-31(44)24-29)47-36(52)30-19-17-28(18-20-30)26-46-40(56)59-43(8,9)10/h13-15,24,28,30,32-34H,11-12,16-23,25-26H2,1-10H3,(H,45,53)(H,46,56)(H,47,52)(H2,48,49,55)/t28?,30?,32-,33-,34-/m0/s1. The van der Waals surface area contributed by atoms with Gasteiger partial charge >= 0.3 is 24.1 Å². The molecule has 0 unspecified atom stereocenters. The molecule has 0 saturated heterocycles. The minimum atomic E-state index is -1.17. The van der Waals surface area contributed by atoms with Crippen molar-refractivity contribution in [2.24, 2.45) is 11.8 Å². The lowest BCUT2D eigenvalue weighted by Gasteiger charge is -2.29. The minimum absolute atomic E-state index is 0.0666.